The highest BCUT2D eigenvalue weighted by atomic mass is 16.5. The van der Waals surface area contributed by atoms with Crippen LogP contribution in [0.1, 0.15) is 27.2 Å². The molecule has 0 aromatic heterocycles. The van der Waals surface area contributed by atoms with Crippen LogP contribution in [0.2, 0.25) is 0 Å². The molecule has 5 nitrogen and oxygen atoms in total. The van der Waals surface area contributed by atoms with Crippen LogP contribution in [0.3, 0.4) is 0 Å². The van der Waals surface area contributed by atoms with Crippen molar-refractivity contribution in [2.75, 3.05) is 59.3 Å². The fourth-order valence-corrected chi connectivity index (χ4v) is 2.84. The Kier molecular flexibility index (Phi) is 8.64. The van der Waals surface area contributed by atoms with Gasteiger partial charge >= 0.3 is 0 Å². The van der Waals surface area contributed by atoms with Crippen LogP contribution < -0.4 is 5.73 Å². The van der Waals surface area contributed by atoms with Crippen molar-refractivity contribution in [2.45, 2.75) is 32.7 Å². The first-order valence-corrected chi connectivity index (χ1v) is 7.87. The van der Waals surface area contributed by atoms with Crippen molar-refractivity contribution in [2.24, 2.45) is 11.7 Å². The van der Waals surface area contributed by atoms with E-state index in [0.717, 1.165) is 59.2 Å². The normalized spacial score (nSPS) is 22.4. The SMILES string of the molecule is CCOCCN(CCOCC)C(C)(CN)C1CCOC1. The average molecular weight is 288 g/mol. The van der Waals surface area contributed by atoms with E-state index in [1.807, 2.05) is 13.8 Å². The van der Waals surface area contributed by atoms with Gasteiger partial charge in [0.2, 0.25) is 0 Å². The zero-order valence-electron chi connectivity index (χ0n) is 13.4. The molecule has 0 bridgehead atoms. The van der Waals surface area contributed by atoms with E-state index in [4.69, 9.17) is 19.9 Å². The molecule has 20 heavy (non-hydrogen) atoms. The summed E-state index contributed by atoms with van der Waals surface area (Å²) in [5, 5.41) is 0. The molecule has 1 rings (SSSR count). The van der Waals surface area contributed by atoms with Gasteiger partial charge in [-0.3, -0.25) is 4.90 Å². The smallest absolute Gasteiger partial charge is 0.0593 e. The molecule has 120 valence electrons. The van der Waals surface area contributed by atoms with Gasteiger partial charge in [0.25, 0.3) is 0 Å². The van der Waals surface area contributed by atoms with E-state index in [1.54, 1.807) is 0 Å². The first kappa shape index (κ1) is 17.9. The van der Waals surface area contributed by atoms with Gasteiger partial charge in [0.15, 0.2) is 0 Å². The lowest BCUT2D eigenvalue weighted by Crippen LogP contribution is -2.58. The fraction of sp³-hybridized carbons (Fsp3) is 1.00. The molecule has 2 N–H and O–H groups in total. The third-order valence-corrected chi connectivity index (χ3v) is 4.36. The molecule has 1 heterocycles. The van der Waals surface area contributed by atoms with Crippen molar-refractivity contribution in [3.8, 4) is 0 Å². The van der Waals surface area contributed by atoms with E-state index in [2.05, 4.69) is 11.8 Å². The molecule has 0 radical (unpaired) electrons. The summed E-state index contributed by atoms with van der Waals surface area (Å²) in [5.41, 5.74) is 6.08. The Hall–Kier alpha value is -0.200. The Morgan fingerprint density at radius 1 is 1.20 bits per heavy atom. The molecular formula is C15H32N2O3. The first-order valence-electron chi connectivity index (χ1n) is 7.87. The zero-order chi connectivity index (χ0) is 14.8. The van der Waals surface area contributed by atoms with Crippen LogP contribution in [0, 0.1) is 5.92 Å². The van der Waals surface area contributed by atoms with Gasteiger partial charge < -0.3 is 19.9 Å². The van der Waals surface area contributed by atoms with Crippen molar-refractivity contribution < 1.29 is 14.2 Å². The van der Waals surface area contributed by atoms with E-state index in [1.165, 1.54) is 0 Å². The van der Waals surface area contributed by atoms with E-state index >= 15 is 0 Å². The molecule has 0 aromatic carbocycles. The van der Waals surface area contributed by atoms with Crippen LogP contribution in [0.25, 0.3) is 0 Å². The zero-order valence-corrected chi connectivity index (χ0v) is 13.4. The fourth-order valence-electron chi connectivity index (χ4n) is 2.84. The molecule has 0 aliphatic carbocycles. The highest BCUT2D eigenvalue weighted by Gasteiger charge is 2.40. The molecule has 1 aliphatic rings. The summed E-state index contributed by atoms with van der Waals surface area (Å²) in [6.45, 7) is 13.4. The summed E-state index contributed by atoms with van der Waals surface area (Å²) in [6, 6.07) is 0. The van der Waals surface area contributed by atoms with Crippen LogP contribution in [-0.2, 0) is 14.2 Å². The highest BCUT2D eigenvalue weighted by Crippen LogP contribution is 2.30. The molecule has 2 atom stereocenters. The van der Waals surface area contributed by atoms with Crippen LogP contribution in [0.5, 0.6) is 0 Å². The maximum Gasteiger partial charge on any atom is 0.0593 e. The van der Waals surface area contributed by atoms with Gasteiger partial charge in [-0.15, -0.1) is 0 Å². The van der Waals surface area contributed by atoms with Crippen molar-refractivity contribution >= 4 is 0 Å². The first-order chi connectivity index (χ1) is 9.69. The second-order valence-electron chi connectivity index (χ2n) is 5.50. The van der Waals surface area contributed by atoms with Crippen LogP contribution in [-0.4, -0.2) is 69.7 Å². The minimum absolute atomic E-state index is 0.0370. The molecule has 1 saturated heterocycles. The van der Waals surface area contributed by atoms with E-state index in [0.29, 0.717) is 12.5 Å². The maximum absolute atomic E-state index is 6.12. The molecule has 0 saturated carbocycles. The highest BCUT2D eigenvalue weighted by molar-refractivity contribution is 4.95. The van der Waals surface area contributed by atoms with Gasteiger partial charge in [0.05, 0.1) is 19.8 Å². The summed E-state index contributed by atoms with van der Waals surface area (Å²) in [5.74, 6) is 0.496. The van der Waals surface area contributed by atoms with Crippen LogP contribution >= 0.6 is 0 Å². The Balaban J connectivity index is 2.64. The molecule has 5 heteroatoms. The van der Waals surface area contributed by atoms with Gasteiger partial charge in [0, 0.05) is 50.9 Å². The number of hydrogen-bond acceptors (Lipinski definition) is 5. The van der Waals surface area contributed by atoms with Gasteiger partial charge in [0.1, 0.15) is 0 Å². The minimum Gasteiger partial charge on any atom is -0.381 e. The lowest BCUT2D eigenvalue weighted by molar-refractivity contribution is -0.000662. The van der Waals surface area contributed by atoms with Crippen molar-refractivity contribution in [3.63, 3.8) is 0 Å². The molecule has 0 amide bonds. The third kappa shape index (κ3) is 4.97. The number of nitrogens with zero attached hydrogens (tertiary/aromatic N) is 1. The van der Waals surface area contributed by atoms with Gasteiger partial charge in [-0.1, -0.05) is 0 Å². The second-order valence-corrected chi connectivity index (χ2v) is 5.50. The van der Waals surface area contributed by atoms with Crippen LogP contribution in [0.15, 0.2) is 0 Å². The van der Waals surface area contributed by atoms with Gasteiger partial charge in [-0.25, -0.2) is 0 Å². The van der Waals surface area contributed by atoms with E-state index in [-0.39, 0.29) is 5.54 Å². The summed E-state index contributed by atoms with van der Waals surface area (Å²) >= 11 is 0. The minimum atomic E-state index is -0.0370. The standard InChI is InChI=1S/C15H32N2O3/c1-4-18-10-7-17(8-11-19-5-2)15(3,13-16)14-6-9-20-12-14/h14H,4-13,16H2,1-3H3. The average Bonchev–Trinajstić information content (AvgIpc) is 3.00. The number of nitrogens with two attached hydrogens (primary N) is 1. The lowest BCUT2D eigenvalue weighted by atomic mass is 9.83. The molecule has 0 spiro atoms. The number of hydrogen-bond donors (Lipinski definition) is 1. The Morgan fingerprint density at radius 3 is 2.20 bits per heavy atom. The Labute approximate surface area is 123 Å². The second kappa shape index (κ2) is 9.68. The van der Waals surface area contributed by atoms with Crippen LogP contribution in [0.4, 0.5) is 0 Å². The van der Waals surface area contributed by atoms with E-state index < -0.39 is 0 Å². The summed E-state index contributed by atoms with van der Waals surface area (Å²) in [4.78, 5) is 2.43. The van der Waals surface area contributed by atoms with Crippen molar-refractivity contribution in [3.05, 3.63) is 0 Å². The number of ether oxygens (including phenoxy) is 3. The number of rotatable bonds is 11. The molecule has 2 unspecified atom stereocenters. The van der Waals surface area contributed by atoms with E-state index in [9.17, 15) is 0 Å². The molecule has 1 aliphatic heterocycles. The Bertz CT molecular complexity index is 237. The quantitative estimate of drug-likeness (QED) is 0.577. The third-order valence-electron chi connectivity index (χ3n) is 4.36. The monoisotopic (exact) mass is 288 g/mol. The predicted molar refractivity (Wildman–Crippen MR) is 80.9 cm³/mol. The summed E-state index contributed by atoms with van der Waals surface area (Å²) in [7, 11) is 0. The van der Waals surface area contributed by atoms with Gasteiger partial charge in [-0.2, -0.15) is 0 Å². The van der Waals surface area contributed by atoms with Gasteiger partial charge in [-0.05, 0) is 27.2 Å². The summed E-state index contributed by atoms with van der Waals surface area (Å²) in [6.07, 6.45) is 1.09. The maximum atomic E-state index is 6.12. The molecule has 1 fully saturated rings. The topological polar surface area (TPSA) is 57.0 Å². The lowest BCUT2D eigenvalue weighted by Gasteiger charge is -2.44. The largest absolute Gasteiger partial charge is 0.381 e. The van der Waals surface area contributed by atoms with Crippen molar-refractivity contribution in [1.29, 1.82) is 0 Å². The summed E-state index contributed by atoms with van der Waals surface area (Å²) < 4.78 is 16.6. The molecule has 0 aromatic rings. The predicted octanol–water partition coefficient (Wildman–Crippen LogP) is 1.12. The Morgan fingerprint density at radius 2 is 1.80 bits per heavy atom. The van der Waals surface area contributed by atoms with Crippen molar-refractivity contribution in [1.82, 2.24) is 4.90 Å². The molecular weight excluding hydrogens is 256 g/mol.